The molecule has 0 saturated carbocycles. The fourth-order valence-electron chi connectivity index (χ4n) is 2.68. The second kappa shape index (κ2) is 10.4. The van der Waals surface area contributed by atoms with Crippen molar-refractivity contribution in [3.63, 3.8) is 0 Å². The van der Waals surface area contributed by atoms with Gasteiger partial charge in [0.1, 0.15) is 5.69 Å². The molecule has 1 aliphatic heterocycles. The molecule has 3 amide bonds. The van der Waals surface area contributed by atoms with Crippen LogP contribution < -0.4 is 10.9 Å². The van der Waals surface area contributed by atoms with Gasteiger partial charge in [0, 0.05) is 31.3 Å². The molecular formula is C20H19ClN4O5S. The molecule has 0 radical (unpaired) electrons. The molecule has 1 fully saturated rings. The topological polar surface area (TPSA) is 111 Å². The van der Waals surface area contributed by atoms with Crippen LogP contribution in [0.3, 0.4) is 0 Å². The van der Waals surface area contributed by atoms with E-state index < -0.39 is 17.1 Å². The number of halogens is 1. The molecule has 0 spiro atoms. The molecule has 2 heterocycles. The Bertz CT molecular complexity index is 1080. The van der Waals surface area contributed by atoms with E-state index in [4.69, 9.17) is 16.3 Å². The zero-order chi connectivity index (χ0) is 22.4. The van der Waals surface area contributed by atoms with Crippen molar-refractivity contribution in [2.45, 2.75) is 6.54 Å². The van der Waals surface area contributed by atoms with Crippen molar-refractivity contribution >= 4 is 46.5 Å². The molecule has 162 valence electrons. The third-order valence-electron chi connectivity index (χ3n) is 4.27. The molecule has 0 bridgehead atoms. The molecule has 2 aromatic rings. The van der Waals surface area contributed by atoms with E-state index in [1.54, 1.807) is 30.3 Å². The maximum atomic E-state index is 12.5. The highest BCUT2D eigenvalue weighted by Crippen LogP contribution is 2.32. The normalized spacial score (nSPS) is 15.0. The molecular weight excluding hydrogens is 444 g/mol. The molecule has 1 aliphatic rings. The van der Waals surface area contributed by atoms with Crippen LogP contribution in [0.5, 0.6) is 0 Å². The first-order valence-electron chi connectivity index (χ1n) is 9.25. The average molecular weight is 463 g/mol. The van der Waals surface area contributed by atoms with Crippen molar-refractivity contribution in [1.82, 2.24) is 20.0 Å². The van der Waals surface area contributed by atoms with Gasteiger partial charge in [-0.05, 0) is 41.6 Å². The predicted molar refractivity (Wildman–Crippen MR) is 117 cm³/mol. The van der Waals surface area contributed by atoms with Crippen molar-refractivity contribution < 1.29 is 19.1 Å². The van der Waals surface area contributed by atoms with Crippen molar-refractivity contribution in [1.29, 1.82) is 0 Å². The highest BCUT2D eigenvalue weighted by molar-refractivity contribution is 8.18. The highest BCUT2D eigenvalue weighted by atomic mass is 35.5. The smallest absolute Gasteiger partial charge is 0.293 e. The summed E-state index contributed by atoms with van der Waals surface area (Å²) in [5, 5.41) is 6.76. The number of imide groups is 1. The minimum absolute atomic E-state index is 0.0116. The summed E-state index contributed by atoms with van der Waals surface area (Å²) in [7, 11) is 1.50. The number of thioether (sulfide) groups is 1. The van der Waals surface area contributed by atoms with E-state index in [2.05, 4.69) is 10.4 Å². The summed E-state index contributed by atoms with van der Waals surface area (Å²) in [6, 6.07) is 9.44. The van der Waals surface area contributed by atoms with E-state index in [1.165, 1.54) is 19.2 Å². The maximum absolute atomic E-state index is 12.5. The average Bonchev–Trinajstić information content (AvgIpc) is 3.02. The lowest BCUT2D eigenvalue weighted by Gasteiger charge is -2.13. The number of aromatic nitrogens is 2. The minimum Gasteiger partial charge on any atom is -0.383 e. The zero-order valence-electron chi connectivity index (χ0n) is 16.5. The van der Waals surface area contributed by atoms with Crippen molar-refractivity contribution in [3.05, 3.63) is 67.9 Å². The molecule has 0 aliphatic carbocycles. The molecule has 1 aromatic heterocycles. The Morgan fingerprint density at radius 1 is 1.16 bits per heavy atom. The molecule has 11 heteroatoms. The Balaban J connectivity index is 1.58. The number of nitrogens with zero attached hydrogens (tertiary/aromatic N) is 3. The molecule has 3 rings (SSSR count). The number of carbonyl (C=O) groups is 3. The van der Waals surface area contributed by atoms with Gasteiger partial charge in [-0.25, -0.2) is 4.68 Å². The number of hydrogen-bond donors (Lipinski definition) is 1. The second-order valence-corrected chi connectivity index (χ2v) is 7.84. The Kier molecular flexibility index (Phi) is 7.61. The number of amides is 3. The van der Waals surface area contributed by atoms with Crippen LogP contribution >= 0.6 is 23.4 Å². The van der Waals surface area contributed by atoms with Gasteiger partial charge in [-0.2, -0.15) is 5.10 Å². The van der Waals surface area contributed by atoms with Gasteiger partial charge in [0.25, 0.3) is 22.6 Å². The third-order valence-corrected chi connectivity index (χ3v) is 5.43. The standard InChI is InChI=1S/C20H19ClN4O5S/c1-30-11-10-25-17(26)7-6-15(23-25)18(27)22-8-9-24-19(28)16(31-20(24)29)12-13-2-4-14(21)5-3-13/h2-7,12H,8-11H2,1H3,(H,22,27)/b16-12-. The van der Waals surface area contributed by atoms with Crippen molar-refractivity contribution in [3.8, 4) is 0 Å². The van der Waals surface area contributed by atoms with Crippen LogP contribution in [0.2, 0.25) is 5.02 Å². The highest BCUT2D eigenvalue weighted by Gasteiger charge is 2.34. The summed E-state index contributed by atoms with van der Waals surface area (Å²) in [5.74, 6) is -0.944. The number of rotatable bonds is 8. The van der Waals surface area contributed by atoms with Crippen molar-refractivity contribution in [2.75, 3.05) is 26.8 Å². The first kappa shape index (κ1) is 22.7. The Morgan fingerprint density at radius 2 is 1.90 bits per heavy atom. The van der Waals surface area contributed by atoms with E-state index in [0.717, 1.165) is 26.9 Å². The van der Waals surface area contributed by atoms with E-state index in [1.807, 2.05) is 0 Å². The van der Waals surface area contributed by atoms with Gasteiger partial charge in [-0.1, -0.05) is 23.7 Å². The van der Waals surface area contributed by atoms with Crippen LogP contribution in [-0.4, -0.2) is 58.5 Å². The lowest BCUT2D eigenvalue weighted by atomic mass is 10.2. The number of hydrogen-bond acceptors (Lipinski definition) is 7. The number of carbonyl (C=O) groups excluding carboxylic acids is 3. The van der Waals surface area contributed by atoms with E-state index in [-0.39, 0.29) is 37.5 Å². The third kappa shape index (κ3) is 5.81. The van der Waals surface area contributed by atoms with Crippen LogP contribution in [-0.2, 0) is 16.1 Å². The van der Waals surface area contributed by atoms with Gasteiger partial charge in [0.2, 0.25) is 0 Å². The summed E-state index contributed by atoms with van der Waals surface area (Å²) >= 11 is 6.69. The largest absolute Gasteiger partial charge is 0.383 e. The molecule has 0 unspecified atom stereocenters. The van der Waals surface area contributed by atoms with Crippen LogP contribution in [0.25, 0.3) is 6.08 Å². The molecule has 1 saturated heterocycles. The first-order valence-corrected chi connectivity index (χ1v) is 10.4. The van der Waals surface area contributed by atoms with Crippen LogP contribution in [0.4, 0.5) is 4.79 Å². The maximum Gasteiger partial charge on any atom is 0.293 e. The van der Waals surface area contributed by atoms with Crippen LogP contribution in [0.15, 0.2) is 46.1 Å². The Morgan fingerprint density at radius 3 is 2.61 bits per heavy atom. The van der Waals surface area contributed by atoms with Gasteiger partial charge >= 0.3 is 0 Å². The SMILES string of the molecule is COCCn1nc(C(=O)NCCN2C(=O)S/C(=C\c3ccc(Cl)cc3)C2=O)ccc1=O. The zero-order valence-corrected chi connectivity index (χ0v) is 18.1. The summed E-state index contributed by atoms with van der Waals surface area (Å²) in [4.78, 5) is 50.2. The van der Waals surface area contributed by atoms with E-state index in [9.17, 15) is 19.2 Å². The summed E-state index contributed by atoms with van der Waals surface area (Å²) < 4.78 is 6.05. The van der Waals surface area contributed by atoms with Gasteiger partial charge in [0.05, 0.1) is 18.1 Å². The number of benzene rings is 1. The lowest BCUT2D eigenvalue weighted by molar-refractivity contribution is -0.122. The van der Waals surface area contributed by atoms with Gasteiger partial charge in [-0.3, -0.25) is 24.1 Å². The molecule has 0 atom stereocenters. The summed E-state index contributed by atoms with van der Waals surface area (Å²) in [6.45, 7) is 0.551. The van der Waals surface area contributed by atoms with Gasteiger partial charge in [-0.15, -0.1) is 0 Å². The minimum atomic E-state index is -0.519. The first-order chi connectivity index (χ1) is 14.9. The fraction of sp³-hybridized carbons (Fsp3) is 0.250. The summed E-state index contributed by atoms with van der Waals surface area (Å²) in [5.41, 5.74) is 0.448. The molecule has 1 N–H and O–H groups in total. The predicted octanol–water partition coefficient (Wildman–Crippen LogP) is 2.01. The fourth-order valence-corrected chi connectivity index (χ4v) is 3.67. The molecule has 9 nitrogen and oxygen atoms in total. The summed E-state index contributed by atoms with van der Waals surface area (Å²) in [6.07, 6.45) is 1.62. The Hall–Kier alpha value is -2.95. The number of ether oxygens (including phenoxy) is 1. The second-order valence-electron chi connectivity index (χ2n) is 6.41. The van der Waals surface area contributed by atoms with E-state index in [0.29, 0.717) is 9.93 Å². The van der Waals surface area contributed by atoms with Gasteiger partial charge in [0.15, 0.2) is 0 Å². The molecule has 1 aromatic carbocycles. The number of methoxy groups -OCH3 is 1. The lowest BCUT2D eigenvalue weighted by Crippen LogP contribution is -2.38. The number of nitrogens with one attached hydrogen (secondary N) is 1. The van der Waals surface area contributed by atoms with E-state index >= 15 is 0 Å². The van der Waals surface area contributed by atoms with Crippen molar-refractivity contribution in [2.24, 2.45) is 0 Å². The quantitative estimate of drug-likeness (QED) is 0.597. The van der Waals surface area contributed by atoms with Crippen LogP contribution in [0.1, 0.15) is 16.1 Å². The Labute approximate surface area is 187 Å². The molecule has 31 heavy (non-hydrogen) atoms. The van der Waals surface area contributed by atoms with Gasteiger partial charge < -0.3 is 10.1 Å². The van der Waals surface area contributed by atoms with Crippen LogP contribution in [0, 0.1) is 0 Å². The monoisotopic (exact) mass is 462 g/mol.